The van der Waals surface area contributed by atoms with E-state index in [1.165, 1.54) is 49.9 Å². The van der Waals surface area contributed by atoms with Crippen LogP contribution in [0.2, 0.25) is 0 Å². The van der Waals surface area contributed by atoms with Gasteiger partial charge in [-0.25, -0.2) is 4.39 Å². The van der Waals surface area contributed by atoms with Gasteiger partial charge in [-0.1, -0.05) is 12.8 Å². The number of hydrogen-bond acceptors (Lipinski definition) is 4. The second-order valence-electron chi connectivity index (χ2n) is 8.05. The van der Waals surface area contributed by atoms with Crippen LogP contribution >= 0.6 is 12.4 Å². The van der Waals surface area contributed by atoms with Crippen LogP contribution in [0.3, 0.4) is 0 Å². The number of benzene rings is 1. The van der Waals surface area contributed by atoms with Gasteiger partial charge in [-0.2, -0.15) is 0 Å². The number of amides is 2. The Hall–Kier alpha value is -1.86. The second-order valence-corrected chi connectivity index (χ2v) is 8.05. The lowest BCUT2D eigenvalue weighted by molar-refractivity contribution is -0.141. The molecule has 2 aliphatic heterocycles. The molecule has 3 aliphatic rings. The fraction of sp³-hybridized carbons (Fsp3) is 0.619. The van der Waals surface area contributed by atoms with Crippen LogP contribution in [0.15, 0.2) is 24.3 Å². The van der Waals surface area contributed by atoms with E-state index >= 15 is 0 Å². The molecule has 8 heteroatoms. The third-order valence-corrected chi connectivity index (χ3v) is 6.28. The molecule has 1 saturated carbocycles. The van der Waals surface area contributed by atoms with Crippen LogP contribution in [0.25, 0.3) is 0 Å². The van der Waals surface area contributed by atoms with Crippen LogP contribution in [0.4, 0.5) is 4.39 Å². The zero-order valence-electron chi connectivity index (χ0n) is 16.5. The lowest BCUT2D eigenvalue weighted by Crippen LogP contribution is -2.55. The molecule has 3 fully saturated rings. The number of rotatable bonds is 4. The largest absolute Gasteiger partial charge is 0.484 e. The predicted molar refractivity (Wildman–Crippen MR) is 110 cm³/mol. The first-order valence-electron chi connectivity index (χ1n) is 10.3. The third-order valence-electron chi connectivity index (χ3n) is 6.28. The van der Waals surface area contributed by atoms with Crippen LogP contribution in [0.5, 0.6) is 5.75 Å². The van der Waals surface area contributed by atoms with Crippen molar-refractivity contribution in [1.29, 1.82) is 0 Å². The first-order valence-corrected chi connectivity index (χ1v) is 10.3. The zero-order chi connectivity index (χ0) is 19.5. The summed E-state index contributed by atoms with van der Waals surface area (Å²) in [7, 11) is 0. The topological polar surface area (TPSA) is 61.9 Å². The van der Waals surface area contributed by atoms with E-state index in [-0.39, 0.29) is 42.7 Å². The van der Waals surface area contributed by atoms with Gasteiger partial charge >= 0.3 is 0 Å². The van der Waals surface area contributed by atoms with Crippen LogP contribution in [-0.4, -0.2) is 66.5 Å². The molecule has 1 N–H and O–H groups in total. The Labute approximate surface area is 177 Å². The molecular weight excluding hydrogens is 397 g/mol. The SMILES string of the molecule is Cl.O=C(COc1ccc(F)cc1)N1CCN(C(=O)C2CC3CCCCC3N2)CC1. The maximum absolute atomic E-state index is 12.9. The molecule has 6 nitrogen and oxygen atoms in total. The molecule has 2 amide bonds. The van der Waals surface area contributed by atoms with Crippen LogP contribution < -0.4 is 10.1 Å². The van der Waals surface area contributed by atoms with Gasteiger partial charge in [-0.3, -0.25) is 9.59 Å². The fourth-order valence-corrected chi connectivity index (χ4v) is 4.67. The Morgan fingerprint density at radius 3 is 2.38 bits per heavy atom. The van der Waals surface area contributed by atoms with Gasteiger partial charge in [-0.15, -0.1) is 12.4 Å². The minimum Gasteiger partial charge on any atom is -0.484 e. The van der Waals surface area contributed by atoms with Crippen molar-refractivity contribution in [2.45, 2.75) is 44.2 Å². The number of nitrogens with one attached hydrogen (secondary N) is 1. The van der Waals surface area contributed by atoms with Gasteiger partial charge in [0.25, 0.3) is 5.91 Å². The van der Waals surface area contributed by atoms with Crippen molar-refractivity contribution in [3.05, 3.63) is 30.1 Å². The number of hydrogen-bond donors (Lipinski definition) is 1. The molecule has 0 spiro atoms. The molecule has 2 heterocycles. The van der Waals surface area contributed by atoms with Gasteiger partial charge in [0.2, 0.25) is 5.91 Å². The van der Waals surface area contributed by atoms with Gasteiger partial charge in [0.1, 0.15) is 11.6 Å². The van der Waals surface area contributed by atoms with E-state index in [0.717, 1.165) is 6.42 Å². The van der Waals surface area contributed by atoms with Crippen LogP contribution in [-0.2, 0) is 9.59 Å². The number of fused-ring (bicyclic) bond motifs is 1. The molecule has 0 aromatic heterocycles. The van der Waals surface area contributed by atoms with E-state index < -0.39 is 0 Å². The quantitative estimate of drug-likeness (QED) is 0.803. The summed E-state index contributed by atoms with van der Waals surface area (Å²) in [6.45, 7) is 2.10. The highest BCUT2D eigenvalue weighted by Gasteiger charge is 2.40. The highest BCUT2D eigenvalue weighted by Crippen LogP contribution is 2.33. The van der Waals surface area contributed by atoms with Gasteiger partial charge in [0, 0.05) is 32.2 Å². The highest BCUT2D eigenvalue weighted by atomic mass is 35.5. The molecular formula is C21H29ClFN3O3. The van der Waals surface area contributed by atoms with Crippen LogP contribution in [0.1, 0.15) is 32.1 Å². The average molecular weight is 426 g/mol. The predicted octanol–water partition coefficient (Wildman–Crippen LogP) is 2.22. The maximum Gasteiger partial charge on any atom is 0.260 e. The molecule has 1 aliphatic carbocycles. The minimum absolute atomic E-state index is 0. The standard InChI is InChI=1S/C21H28FN3O3.ClH/c22-16-5-7-17(8-6-16)28-14-20(26)24-9-11-25(12-10-24)21(27)19-13-15-3-1-2-4-18(15)23-19;/h5-8,15,18-19,23H,1-4,9-14H2;1H. The van der Waals surface area contributed by atoms with Gasteiger partial charge in [-0.05, 0) is 49.4 Å². The van der Waals surface area contributed by atoms with Gasteiger partial charge in [0.15, 0.2) is 6.61 Å². The van der Waals surface area contributed by atoms with Crippen LogP contribution in [0, 0.1) is 11.7 Å². The van der Waals surface area contributed by atoms with Crippen molar-refractivity contribution in [3.8, 4) is 5.75 Å². The number of nitrogens with zero attached hydrogens (tertiary/aromatic N) is 2. The summed E-state index contributed by atoms with van der Waals surface area (Å²) in [4.78, 5) is 28.8. The summed E-state index contributed by atoms with van der Waals surface area (Å²) in [5, 5.41) is 3.55. The van der Waals surface area contributed by atoms with E-state index in [9.17, 15) is 14.0 Å². The number of carbonyl (C=O) groups is 2. The van der Waals surface area contributed by atoms with Crippen molar-refractivity contribution >= 4 is 24.2 Å². The van der Waals surface area contributed by atoms with Crippen molar-refractivity contribution in [2.24, 2.45) is 5.92 Å². The van der Waals surface area contributed by atoms with Gasteiger partial charge < -0.3 is 19.9 Å². The summed E-state index contributed by atoms with van der Waals surface area (Å²) < 4.78 is 18.3. The molecule has 29 heavy (non-hydrogen) atoms. The summed E-state index contributed by atoms with van der Waals surface area (Å²) >= 11 is 0. The molecule has 4 rings (SSSR count). The lowest BCUT2D eigenvalue weighted by Gasteiger charge is -2.36. The van der Waals surface area contributed by atoms with E-state index in [4.69, 9.17) is 4.74 Å². The number of ether oxygens (including phenoxy) is 1. The molecule has 3 unspecified atom stereocenters. The second kappa shape index (κ2) is 9.76. The smallest absolute Gasteiger partial charge is 0.260 e. The van der Waals surface area contributed by atoms with E-state index in [0.29, 0.717) is 43.9 Å². The molecule has 0 bridgehead atoms. The van der Waals surface area contributed by atoms with Crippen molar-refractivity contribution in [1.82, 2.24) is 15.1 Å². The first kappa shape index (κ1) is 21.8. The number of piperazine rings is 1. The molecule has 1 aromatic carbocycles. The first-order chi connectivity index (χ1) is 13.6. The molecule has 1 aromatic rings. The Balaban J connectivity index is 0.00000240. The fourth-order valence-electron chi connectivity index (χ4n) is 4.67. The van der Waals surface area contributed by atoms with Crippen molar-refractivity contribution in [2.75, 3.05) is 32.8 Å². The van der Waals surface area contributed by atoms with E-state index in [1.54, 1.807) is 4.90 Å². The van der Waals surface area contributed by atoms with E-state index in [1.807, 2.05) is 4.90 Å². The Morgan fingerprint density at radius 1 is 1.03 bits per heavy atom. The molecule has 3 atom stereocenters. The van der Waals surface area contributed by atoms with Gasteiger partial charge in [0.05, 0.1) is 6.04 Å². The maximum atomic E-state index is 12.9. The normalized spacial score (nSPS) is 26.4. The van der Waals surface area contributed by atoms with Crippen molar-refractivity contribution < 1.29 is 18.7 Å². The average Bonchev–Trinajstić information content (AvgIpc) is 3.17. The monoisotopic (exact) mass is 425 g/mol. The highest BCUT2D eigenvalue weighted by molar-refractivity contribution is 5.85. The Kier molecular flexibility index (Phi) is 7.35. The molecule has 0 radical (unpaired) electrons. The zero-order valence-corrected chi connectivity index (χ0v) is 17.3. The minimum atomic E-state index is -0.338. The Morgan fingerprint density at radius 2 is 1.69 bits per heavy atom. The summed E-state index contributed by atoms with van der Waals surface area (Å²) in [5.41, 5.74) is 0. The molecule has 160 valence electrons. The summed E-state index contributed by atoms with van der Waals surface area (Å²) in [6.07, 6.45) is 5.91. The number of halogens is 2. The summed E-state index contributed by atoms with van der Waals surface area (Å²) in [5.74, 6) is 0.854. The summed E-state index contributed by atoms with van der Waals surface area (Å²) in [6, 6.07) is 6.07. The molecule has 2 saturated heterocycles. The lowest BCUT2D eigenvalue weighted by atomic mass is 9.85. The van der Waals surface area contributed by atoms with Crippen molar-refractivity contribution in [3.63, 3.8) is 0 Å². The van der Waals surface area contributed by atoms with E-state index in [2.05, 4.69) is 5.32 Å². The number of carbonyl (C=O) groups excluding carboxylic acids is 2. The Bertz CT molecular complexity index is 696. The third kappa shape index (κ3) is 5.20.